The number of hydrogen-bond acceptors (Lipinski definition) is 5. The minimum absolute atomic E-state index is 0.0636. The lowest BCUT2D eigenvalue weighted by Gasteiger charge is -2.29. The lowest BCUT2D eigenvalue weighted by molar-refractivity contribution is 0.0720. The van der Waals surface area contributed by atoms with Crippen LogP contribution in [-0.2, 0) is 17.8 Å². The number of methoxy groups -OCH3 is 1. The Morgan fingerprint density at radius 3 is 2.35 bits per heavy atom. The topological polar surface area (TPSA) is 50.2 Å². The number of likely N-dealkylation sites (N-methyl/N-ethyl adjacent to an activating group) is 1. The molecular weight excluding hydrogens is 464 g/mol. The standard InChI is InChI=1S/C30H40N4O3/c1-23-28(32-16-18-37-19-17-32)24(2)34(22-26-12-9-13-27(20-26)36-5)29(23)30(35)33(15-14-31(3)4)21-25-10-7-6-8-11-25/h6-13,20H,14-19,21-22H2,1-5H3. The molecular formula is C30H40N4O3. The third-order valence-electron chi connectivity index (χ3n) is 7.05. The van der Waals surface area contributed by atoms with Gasteiger partial charge in [-0.3, -0.25) is 4.79 Å². The van der Waals surface area contributed by atoms with E-state index in [0.29, 0.717) is 32.8 Å². The molecule has 3 aromatic rings. The summed E-state index contributed by atoms with van der Waals surface area (Å²) in [7, 11) is 5.77. The molecule has 0 radical (unpaired) electrons. The smallest absolute Gasteiger partial charge is 0.271 e. The van der Waals surface area contributed by atoms with Crippen LogP contribution in [0.25, 0.3) is 0 Å². The van der Waals surface area contributed by atoms with Crippen LogP contribution in [0.3, 0.4) is 0 Å². The van der Waals surface area contributed by atoms with Gasteiger partial charge in [0.1, 0.15) is 11.4 Å². The fraction of sp³-hybridized carbons (Fsp3) is 0.433. The molecule has 0 bridgehead atoms. The molecule has 0 saturated carbocycles. The number of carbonyl (C=O) groups excluding carboxylic acids is 1. The van der Waals surface area contributed by atoms with Crippen molar-refractivity contribution in [3.8, 4) is 5.75 Å². The fourth-order valence-corrected chi connectivity index (χ4v) is 5.09. The molecule has 1 aliphatic heterocycles. The van der Waals surface area contributed by atoms with Gasteiger partial charge in [0.05, 0.1) is 26.0 Å². The summed E-state index contributed by atoms with van der Waals surface area (Å²) in [5.74, 6) is 0.880. The molecule has 4 rings (SSSR count). The van der Waals surface area contributed by atoms with Crippen LogP contribution in [0.5, 0.6) is 5.75 Å². The van der Waals surface area contributed by atoms with Crippen molar-refractivity contribution in [2.45, 2.75) is 26.9 Å². The quantitative estimate of drug-likeness (QED) is 0.414. The molecule has 7 heteroatoms. The second-order valence-corrected chi connectivity index (χ2v) is 9.96. The predicted molar refractivity (Wildman–Crippen MR) is 149 cm³/mol. The highest BCUT2D eigenvalue weighted by atomic mass is 16.5. The van der Waals surface area contributed by atoms with E-state index in [2.05, 4.69) is 46.4 Å². The Kier molecular flexibility index (Phi) is 8.90. The Morgan fingerprint density at radius 2 is 1.68 bits per heavy atom. The number of benzene rings is 2. The lowest BCUT2D eigenvalue weighted by Crippen LogP contribution is -2.38. The maximum Gasteiger partial charge on any atom is 0.271 e. The van der Waals surface area contributed by atoms with E-state index in [1.807, 2.05) is 55.4 Å². The van der Waals surface area contributed by atoms with Crippen LogP contribution in [0.4, 0.5) is 5.69 Å². The zero-order chi connectivity index (χ0) is 26.4. The van der Waals surface area contributed by atoms with Crippen LogP contribution < -0.4 is 9.64 Å². The van der Waals surface area contributed by atoms with E-state index in [1.165, 1.54) is 0 Å². The Hall–Kier alpha value is -3.29. The summed E-state index contributed by atoms with van der Waals surface area (Å²) in [4.78, 5) is 20.9. The van der Waals surface area contributed by atoms with Gasteiger partial charge in [0.2, 0.25) is 0 Å². The van der Waals surface area contributed by atoms with Gasteiger partial charge in [-0.2, -0.15) is 0 Å². The number of morpholine rings is 1. The molecule has 37 heavy (non-hydrogen) atoms. The predicted octanol–water partition coefficient (Wildman–Crippen LogP) is 4.20. The van der Waals surface area contributed by atoms with Gasteiger partial charge in [-0.15, -0.1) is 0 Å². The number of rotatable bonds is 10. The van der Waals surface area contributed by atoms with Gasteiger partial charge in [-0.05, 0) is 51.2 Å². The van der Waals surface area contributed by atoms with E-state index in [4.69, 9.17) is 9.47 Å². The molecule has 2 aromatic carbocycles. The molecule has 1 fully saturated rings. The Labute approximate surface area is 221 Å². The zero-order valence-corrected chi connectivity index (χ0v) is 22.9. The maximum atomic E-state index is 14.4. The second-order valence-electron chi connectivity index (χ2n) is 9.96. The largest absolute Gasteiger partial charge is 0.497 e. The first-order valence-corrected chi connectivity index (χ1v) is 13.0. The highest BCUT2D eigenvalue weighted by Gasteiger charge is 2.29. The van der Waals surface area contributed by atoms with Crippen LogP contribution in [0.2, 0.25) is 0 Å². The molecule has 1 aromatic heterocycles. The van der Waals surface area contributed by atoms with Crippen LogP contribution in [0, 0.1) is 13.8 Å². The fourth-order valence-electron chi connectivity index (χ4n) is 5.09. The molecule has 1 amide bonds. The number of aromatic nitrogens is 1. The van der Waals surface area contributed by atoms with Crippen LogP contribution in [0.1, 0.15) is 32.9 Å². The first kappa shape index (κ1) is 26.8. The lowest BCUT2D eigenvalue weighted by atomic mass is 10.1. The number of carbonyl (C=O) groups is 1. The summed E-state index contributed by atoms with van der Waals surface area (Å²) in [6, 6.07) is 18.3. The number of nitrogens with zero attached hydrogens (tertiary/aromatic N) is 4. The van der Waals surface area contributed by atoms with E-state index in [9.17, 15) is 4.79 Å². The third kappa shape index (κ3) is 6.35. The SMILES string of the molecule is COc1cccc(Cn2c(C)c(N3CCOCC3)c(C)c2C(=O)N(CCN(C)C)Cc2ccccc2)c1. The molecule has 0 unspecified atom stereocenters. The van der Waals surface area contributed by atoms with Gasteiger partial charge in [-0.1, -0.05) is 42.5 Å². The van der Waals surface area contributed by atoms with Crippen LogP contribution in [-0.4, -0.2) is 80.9 Å². The highest BCUT2D eigenvalue weighted by molar-refractivity contribution is 5.96. The summed E-state index contributed by atoms with van der Waals surface area (Å²) in [5, 5.41) is 0. The molecule has 0 aliphatic carbocycles. The Balaban J connectivity index is 1.77. The van der Waals surface area contributed by atoms with Gasteiger partial charge < -0.3 is 28.7 Å². The minimum Gasteiger partial charge on any atom is -0.497 e. The van der Waals surface area contributed by atoms with E-state index in [1.54, 1.807) is 7.11 Å². The zero-order valence-electron chi connectivity index (χ0n) is 22.9. The second kappa shape index (κ2) is 12.3. The molecule has 198 valence electrons. The number of ether oxygens (including phenoxy) is 2. The first-order chi connectivity index (χ1) is 17.9. The van der Waals surface area contributed by atoms with Gasteiger partial charge in [0.25, 0.3) is 5.91 Å². The molecule has 0 atom stereocenters. The molecule has 1 aliphatic rings. The number of amides is 1. The molecule has 7 nitrogen and oxygen atoms in total. The summed E-state index contributed by atoms with van der Waals surface area (Å²) >= 11 is 0. The van der Waals surface area contributed by atoms with Crippen LogP contribution >= 0.6 is 0 Å². The monoisotopic (exact) mass is 504 g/mol. The van der Waals surface area contributed by atoms with Crippen molar-refractivity contribution in [1.29, 1.82) is 0 Å². The van der Waals surface area contributed by atoms with E-state index in [-0.39, 0.29) is 5.91 Å². The van der Waals surface area contributed by atoms with Crippen molar-refractivity contribution in [2.24, 2.45) is 0 Å². The van der Waals surface area contributed by atoms with Crippen LogP contribution in [0.15, 0.2) is 54.6 Å². The summed E-state index contributed by atoms with van der Waals surface area (Å²) in [6.07, 6.45) is 0. The van der Waals surface area contributed by atoms with Gasteiger partial charge in [0, 0.05) is 50.5 Å². The summed E-state index contributed by atoms with van der Waals surface area (Å²) in [6.45, 7) is 9.90. The first-order valence-electron chi connectivity index (χ1n) is 13.0. The van der Waals surface area contributed by atoms with E-state index >= 15 is 0 Å². The van der Waals surface area contributed by atoms with Crippen molar-refractivity contribution in [1.82, 2.24) is 14.4 Å². The molecule has 1 saturated heterocycles. The molecule has 2 heterocycles. The van der Waals surface area contributed by atoms with E-state index in [0.717, 1.165) is 59.1 Å². The highest BCUT2D eigenvalue weighted by Crippen LogP contribution is 2.33. The van der Waals surface area contributed by atoms with Gasteiger partial charge in [-0.25, -0.2) is 0 Å². The van der Waals surface area contributed by atoms with Crippen molar-refractivity contribution in [3.05, 3.63) is 82.7 Å². The Bertz CT molecular complexity index is 1180. The minimum atomic E-state index is 0.0636. The summed E-state index contributed by atoms with van der Waals surface area (Å²) < 4.78 is 13.3. The third-order valence-corrected chi connectivity index (χ3v) is 7.05. The maximum absolute atomic E-state index is 14.4. The van der Waals surface area contributed by atoms with Crippen molar-refractivity contribution >= 4 is 11.6 Å². The van der Waals surface area contributed by atoms with Crippen molar-refractivity contribution in [3.63, 3.8) is 0 Å². The van der Waals surface area contributed by atoms with Crippen molar-refractivity contribution < 1.29 is 14.3 Å². The number of hydrogen-bond donors (Lipinski definition) is 0. The van der Waals surface area contributed by atoms with Crippen molar-refractivity contribution in [2.75, 3.05) is 65.5 Å². The number of anilines is 1. The van der Waals surface area contributed by atoms with Gasteiger partial charge in [0.15, 0.2) is 0 Å². The normalized spacial score (nSPS) is 13.7. The summed E-state index contributed by atoms with van der Waals surface area (Å²) in [5.41, 5.74) is 6.29. The average Bonchev–Trinajstić information content (AvgIpc) is 3.15. The van der Waals surface area contributed by atoms with Gasteiger partial charge >= 0.3 is 0 Å². The average molecular weight is 505 g/mol. The molecule has 0 N–H and O–H groups in total. The van der Waals surface area contributed by atoms with E-state index < -0.39 is 0 Å². The molecule has 0 spiro atoms. The Morgan fingerprint density at radius 1 is 0.973 bits per heavy atom.